The largest absolute Gasteiger partial charge is 0.454 e. The zero-order chi connectivity index (χ0) is 21.4. The first kappa shape index (κ1) is 20.4. The van der Waals surface area contributed by atoms with Gasteiger partial charge in [-0.15, -0.1) is 0 Å². The fourth-order valence-corrected chi connectivity index (χ4v) is 5.46. The molecule has 2 aliphatic heterocycles. The summed E-state index contributed by atoms with van der Waals surface area (Å²) in [6, 6.07) is 3.86. The van der Waals surface area contributed by atoms with E-state index in [1.54, 1.807) is 0 Å². The van der Waals surface area contributed by atoms with E-state index < -0.39 is 0 Å². The lowest BCUT2D eigenvalue weighted by molar-refractivity contribution is -0.119. The van der Waals surface area contributed by atoms with Crippen molar-refractivity contribution in [3.63, 3.8) is 0 Å². The number of likely N-dealkylation sites (tertiary alicyclic amines) is 1. The zero-order valence-corrected chi connectivity index (χ0v) is 19.1. The average molecular weight is 505 g/mol. The average Bonchev–Trinajstić information content (AvgIpc) is 3.37. The van der Waals surface area contributed by atoms with Crippen molar-refractivity contribution in [2.24, 2.45) is 5.92 Å². The second-order valence-corrected chi connectivity index (χ2v) is 9.45. The predicted octanol–water partition coefficient (Wildman–Crippen LogP) is 3.31. The number of anilines is 1. The van der Waals surface area contributed by atoms with Gasteiger partial charge in [0.2, 0.25) is 13.2 Å². The summed E-state index contributed by atoms with van der Waals surface area (Å²) < 4.78 is 14.0. The molecule has 31 heavy (non-hydrogen) atoms. The van der Waals surface area contributed by atoms with E-state index in [9.17, 15) is 4.79 Å². The highest BCUT2D eigenvalue weighted by atomic mass is 79.9. The molecule has 2 aromatic heterocycles. The van der Waals surface area contributed by atoms with E-state index in [0.29, 0.717) is 17.3 Å². The smallest absolute Gasteiger partial charge is 0.231 e. The minimum atomic E-state index is 0.226. The Balaban J connectivity index is 1.43. The van der Waals surface area contributed by atoms with Gasteiger partial charge in [-0.1, -0.05) is 11.8 Å². The molecule has 1 aromatic carbocycles. The number of nitrogen functional groups attached to an aromatic ring is 1. The topological polar surface area (TPSA) is 108 Å². The first-order chi connectivity index (χ1) is 15.1. The van der Waals surface area contributed by atoms with Gasteiger partial charge in [0.15, 0.2) is 33.6 Å². The number of hydrogen-bond donors (Lipinski definition) is 1. The van der Waals surface area contributed by atoms with Gasteiger partial charge in [-0.2, -0.15) is 0 Å². The number of fused-ring (bicyclic) bond motifs is 2. The number of imidazole rings is 1. The molecule has 0 aliphatic carbocycles. The van der Waals surface area contributed by atoms with E-state index in [0.717, 1.165) is 77.0 Å². The van der Waals surface area contributed by atoms with Crippen LogP contribution in [0.4, 0.5) is 5.82 Å². The van der Waals surface area contributed by atoms with Crippen LogP contribution in [0.3, 0.4) is 0 Å². The number of nitrogens with two attached hydrogens (primary N) is 1. The van der Waals surface area contributed by atoms with Gasteiger partial charge in [0.1, 0.15) is 6.33 Å². The first-order valence-corrected chi connectivity index (χ1v) is 11.7. The lowest BCUT2D eigenvalue weighted by Crippen LogP contribution is -2.32. The predicted molar refractivity (Wildman–Crippen MR) is 119 cm³/mol. The molecule has 9 nitrogen and oxygen atoms in total. The Morgan fingerprint density at radius 3 is 2.77 bits per heavy atom. The van der Waals surface area contributed by atoms with Gasteiger partial charge < -0.3 is 24.7 Å². The van der Waals surface area contributed by atoms with E-state index in [1.807, 2.05) is 17.0 Å². The molecule has 5 rings (SSSR count). The van der Waals surface area contributed by atoms with Crippen molar-refractivity contribution in [2.75, 3.05) is 25.6 Å². The van der Waals surface area contributed by atoms with Crippen LogP contribution >= 0.6 is 27.7 Å². The summed E-state index contributed by atoms with van der Waals surface area (Å²) in [7, 11) is 0. The monoisotopic (exact) mass is 504 g/mol. The fraction of sp³-hybridized carbons (Fsp3) is 0.400. The molecule has 2 N–H and O–H groups in total. The Bertz CT molecular complexity index is 1130. The Labute approximate surface area is 191 Å². The van der Waals surface area contributed by atoms with Crippen molar-refractivity contribution in [1.82, 2.24) is 24.4 Å². The third kappa shape index (κ3) is 4.03. The Kier molecular flexibility index (Phi) is 5.61. The maximum Gasteiger partial charge on any atom is 0.231 e. The molecular weight excluding hydrogens is 484 g/mol. The highest BCUT2D eigenvalue weighted by molar-refractivity contribution is 9.10. The van der Waals surface area contributed by atoms with Crippen molar-refractivity contribution in [3.05, 3.63) is 22.9 Å². The van der Waals surface area contributed by atoms with Gasteiger partial charge >= 0.3 is 0 Å². The molecule has 0 unspecified atom stereocenters. The Morgan fingerprint density at radius 2 is 2.00 bits per heavy atom. The van der Waals surface area contributed by atoms with E-state index in [1.165, 1.54) is 18.1 Å². The number of benzene rings is 1. The van der Waals surface area contributed by atoms with Crippen molar-refractivity contribution in [2.45, 2.75) is 35.9 Å². The molecule has 3 aromatic rings. The summed E-state index contributed by atoms with van der Waals surface area (Å²) in [6.45, 7) is 2.63. The van der Waals surface area contributed by atoms with Gasteiger partial charge in [0.05, 0.1) is 0 Å². The summed E-state index contributed by atoms with van der Waals surface area (Å²) in [4.78, 5) is 27.1. The number of ether oxygens (including phenoxy) is 2. The summed E-state index contributed by atoms with van der Waals surface area (Å²) in [5, 5.41) is 0.798. The van der Waals surface area contributed by atoms with Crippen molar-refractivity contribution >= 4 is 51.1 Å². The maximum absolute atomic E-state index is 11.0. The molecule has 0 atom stereocenters. The van der Waals surface area contributed by atoms with Gasteiger partial charge in [0, 0.05) is 29.0 Å². The number of halogens is 1. The SMILES string of the molecule is Nc1ncnc2c1nc(Sc1cc3c(cc1Br)OCO3)n2CCC1CCN(C=O)CC1. The van der Waals surface area contributed by atoms with Crippen molar-refractivity contribution < 1.29 is 14.3 Å². The van der Waals surface area contributed by atoms with Crippen LogP contribution in [0.25, 0.3) is 11.2 Å². The third-order valence-corrected chi connectivity index (χ3v) is 7.68. The van der Waals surface area contributed by atoms with E-state index in [-0.39, 0.29) is 6.79 Å². The molecule has 1 saturated heterocycles. The highest BCUT2D eigenvalue weighted by Crippen LogP contribution is 2.43. The minimum absolute atomic E-state index is 0.226. The summed E-state index contributed by atoms with van der Waals surface area (Å²) in [6.07, 6.45) is 5.43. The number of piperidine rings is 1. The molecule has 0 bridgehead atoms. The molecule has 0 spiro atoms. The van der Waals surface area contributed by atoms with E-state index >= 15 is 0 Å². The standard InChI is InChI=1S/C20H21BrN6O3S/c21-13-7-14-15(30-11-29-14)8-16(13)31-20-25-17-18(22)23-9-24-19(17)27(20)6-3-12-1-4-26(10-28)5-2-12/h7-10,12H,1-6,11H2,(H2,22,23,24). The zero-order valence-electron chi connectivity index (χ0n) is 16.7. The second-order valence-electron chi connectivity index (χ2n) is 7.59. The van der Waals surface area contributed by atoms with Crippen LogP contribution in [-0.4, -0.2) is 50.7 Å². The quantitative estimate of drug-likeness (QED) is 0.509. The maximum atomic E-state index is 11.0. The number of amides is 1. The van der Waals surface area contributed by atoms with Gasteiger partial charge in [-0.25, -0.2) is 15.0 Å². The summed E-state index contributed by atoms with van der Waals surface area (Å²) in [5.74, 6) is 2.37. The first-order valence-electron chi connectivity index (χ1n) is 10.1. The van der Waals surface area contributed by atoms with Gasteiger partial charge in [0.25, 0.3) is 0 Å². The molecule has 0 saturated carbocycles. The molecule has 0 radical (unpaired) electrons. The normalized spacial score (nSPS) is 16.2. The van der Waals surface area contributed by atoms with E-state index in [2.05, 4.69) is 30.5 Å². The molecule has 4 heterocycles. The lowest BCUT2D eigenvalue weighted by Gasteiger charge is -2.29. The third-order valence-electron chi connectivity index (χ3n) is 5.71. The molecule has 162 valence electrons. The van der Waals surface area contributed by atoms with Crippen LogP contribution in [0, 0.1) is 5.92 Å². The summed E-state index contributed by atoms with van der Waals surface area (Å²) >= 11 is 5.15. The second kappa shape index (κ2) is 8.54. The van der Waals surface area contributed by atoms with E-state index in [4.69, 9.17) is 20.2 Å². The van der Waals surface area contributed by atoms with Crippen molar-refractivity contribution in [1.29, 1.82) is 0 Å². The fourth-order valence-electron chi connectivity index (χ4n) is 3.95. The number of nitrogens with zero attached hydrogens (tertiary/aromatic N) is 5. The molecule has 11 heteroatoms. The Morgan fingerprint density at radius 1 is 1.23 bits per heavy atom. The van der Waals surface area contributed by atoms with Crippen LogP contribution < -0.4 is 15.2 Å². The van der Waals surface area contributed by atoms with Crippen LogP contribution in [0.1, 0.15) is 19.3 Å². The van der Waals surface area contributed by atoms with Crippen LogP contribution in [0.5, 0.6) is 11.5 Å². The van der Waals surface area contributed by atoms with Gasteiger partial charge in [-0.3, -0.25) is 4.79 Å². The number of hydrogen-bond acceptors (Lipinski definition) is 8. The number of carbonyl (C=O) groups excluding carboxylic acids is 1. The molecule has 1 fully saturated rings. The lowest BCUT2D eigenvalue weighted by atomic mass is 9.94. The number of rotatable bonds is 6. The van der Waals surface area contributed by atoms with Crippen molar-refractivity contribution in [3.8, 4) is 11.5 Å². The van der Waals surface area contributed by atoms with Crippen LogP contribution in [-0.2, 0) is 11.3 Å². The number of aromatic nitrogens is 4. The Hall–Kier alpha value is -2.53. The molecule has 1 amide bonds. The highest BCUT2D eigenvalue weighted by Gasteiger charge is 2.23. The molecular formula is C20H21BrN6O3S. The van der Waals surface area contributed by atoms with Crippen LogP contribution in [0.15, 0.2) is 33.0 Å². The van der Waals surface area contributed by atoms with Crippen LogP contribution in [0.2, 0.25) is 0 Å². The minimum Gasteiger partial charge on any atom is -0.454 e. The van der Waals surface area contributed by atoms with Gasteiger partial charge in [-0.05, 0) is 53.2 Å². The molecule has 2 aliphatic rings. The number of aryl methyl sites for hydroxylation is 1. The number of carbonyl (C=O) groups is 1. The summed E-state index contributed by atoms with van der Waals surface area (Å²) in [5.41, 5.74) is 7.43.